The third kappa shape index (κ3) is 6.33. The van der Waals surface area contributed by atoms with Gasteiger partial charge in [0, 0.05) is 37.9 Å². The van der Waals surface area contributed by atoms with Crippen LogP contribution in [0.1, 0.15) is 60.7 Å². The molecule has 2 heterocycles. The van der Waals surface area contributed by atoms with Gasteiger partial charge >= 0.3 is 0 Å². The molecular formula is C24H38N6. The zero-order valence-electron chi connectivity index (χ0n) is 19.2. The number of nitrogens with one attached hydrogen (secondary N) is 2. The minimum Gasteiger partial charge on any atom is -0.357 e. The normalized spacial score (nSPS) is 15.8. The fourth-order valence-corrected chi connectivity index (χ4v) is 4.14. The molecule has 0 bridgehead atoms. The molecule has 1 saturated heterocycles. The van der Waals surface area contributed by atoms with Gasteiger partial charge in [-0.1, -0.05) is 37.1 Å². The van der Waals surface area contributed by atoms with E-state index >= 15 is 0 Å². The maximum Gasteiger partial charge on any atom is 0.191 e. The van der Waals surface area contributed by atoms with E-state index in [-0.39, 0.29) is 0 Å². The maximum atomic E-state index is 4.82. The van der Waals surface area contributed by atoms with E-state index in [0.29, 0.717) is 6.54 Å². The van der Waals surface area contributed by atoms with Gasteiger partial charge in [0.2, 0.25) is 0 Å². The van der Waals surface area contributed by atoms with Gasteiger partial charge in [-0.05, 0) is 57.8 Å². The number of aryl methyl sites for hydroxylation is 2. The van der Waals surface area contributed by atoms with Crippen molar-refractivity contribution in [3.8, 4) is 0 Å². The summed E-state index contributed by atoms with van der Waals surface area (Å²) in [6, 6.07) is 8.90. The van der Waals surface area contributed by atoms with E-state index in [2.05, 4.69) is 65.7 Å². The van der Waals surface area contributed by atoms with Gasteiger partial charge < -0.3 is 10.6 Å². The molecular weight excluding hydrogens is 372 g/mol. The van der Waals surface area contributed by atoms with Gasteiger partial charge in [-0.25, -0.2) is 4.99 Å². The first-order valence-corrected chi connectivity index (χ1v) is 11.4. The second-order valence-corrected chi connectivity index (χ2v) is 8.33. The van der Waals surface area contributed by atoms with Crippen LogP contribution in [0, 0.1) is 13.8 Å². The van der Waals surface area contributed by atoms with Crippen LogP contribution in [-0.4, -0.2) is 40.3 Å². The Bertz CT molecular complexity index is 830. The fourth-order valence-electron chi connectivity index (χ4n) is 4.14. The topological polar surface area (TPSA) is 57.5 Å². The highest BCUT2D eigenvalue weighted by atomic mass is 15.3. The summed E-state index contributed by atoms with van der Waals surface area (Å²) >= 11 is 0. The fraction of sp³-hybridized carbons (Fsp3) is 0.583. The summed E-state index contributed by atoms with van der Waals surface area (Å²) in [5, 5.41) is 11.3. The van der Waals surface area contributed by atoms with Crippen molar-refractivity contribution >= 4 is 5.96 Å². The van der Waals surface area contributed by atoms with Crippen LogP contribution in [0.4, 0.5) is 0 Å². The van der Waals surface area contributed by atoms with E-state index in [4.69, 9.17) is 4.99 Å². The number of hydrogen-bond donors (Lipinski definition) is 2. The van der Waals surface area contributed by atoms with Crippen LogP contribution in [0.25, 0.3) is 0 Å². The van der Waals surface area contributed by atoms with Crippen molar-refractivity contribution in [1.82, 2.24) is 25.3 Å². The lowest BCUT2D eigenvalue weighted by atomic mass is 10.1. The highest BCUT2D eigenvalue weighted by molar-refractivity contribution is 5.79. The van der Waals surface area contributed by atoms with Crippen LogP contribution < -0.4 is 10.6 Å². The van der Waals surface area contributed by atoms with Gasteiger partial charge in [0.25, 0.3) is 0 Å². The average Bonchev–Trinajstić information content (AvgIpc) is 2.91. The molecule has 1 fully saturated rings. The van der Waals surface area contributed by atoms with E-state index in [1.165, 1.54) is 61.2 Å². The summed E-state index contributed by atoms with van der Waals surface area (Å²) in [6.45, 7) is 12.0. The molecule has 1 aliphatic rings. The Morgan fingerprint density at radius 1 is 1.07 bits per heavy atom. The number of guanidine groups is 1. The molecule has 6 nitrogen and oxygen atoms in total. The molecule has 2 N–H and O–H groups in total. The summed E-state index contributed by atoms with van der Waals surface area (Å²) in [4.78, 5) is 7.42. The Kier molecular flexibility index (Phi) is 8.31. The lowest BCUT2D eigenvalue weighted by Gasteiger charge is -2.20. The van der Waals surface area contributed by atoms with Crippen LogP contribution in [0.2, 0.25) is 0 Å². The highest BCUT2D eigenvalue weighted by Gasteiger charge is 2.11. The molecule has 164 valence electrons. The van der Waals surface area contributed by atoms with E-state index in [1.807, 2.05) is 11.7 Å². The van der Waals surface area contributed by atoms with Crippen molar-refractivity contribution in [2.45, 2.75) is 66.1 Å². The molecule has 1 aromatic carbocycles. The van der Waals surface area contributed by atoms with Crippen molar-refractivity contribution in [2.24, 2.45) is 12.0 Å². The summed E-state index contributed by atoms with van der Waals surface area (Å²) in [6.07, 6.45) is 5.42. The highest BCUT2D eigenvalue weighted by Crippen LogP contribution is 2.15. The molecule has 3 rings (SSSR count). The van der Waals surface area contributed by atoms with Crippen molar-refractivity contribution in [2.75, 3.05) is 19.6 Å². The minimum atomic E-state index is 0.675. The first-order chi connectivity index (χ1) is 14.6. The first kappa shape index (κ1) is 22.3. The summed E-state index contributed by atoms with van der Waals surface area (Å²) < 4.78 is 1.94. The third-order valence-corrected chi connectivity index (χ3v) is 5.95. The summed E-state index contributed by atoms with van der Waals surface area (Å²) in [5.41, 5.74) is 6.15. The summed E-state index contributed by atoms with van der Waals surface area (Å²) in [7, 11) is 1.99. The second-order valence-electron chi connectivity index (χ2n) is 8.33. The Morgan fingerprint density at radius 3 is 2.47 bits per heavy atom. The van der Waals surface area contributed by atoms with E-state index in [0.717, 1.165) is 31.3 Å². The number of hydrogen-bond acceptors (Lipinski definition) is 3. The number of rotatable bonds is 7. The van der Waals surface area contributed by atoms with Gasteiger partial charge in [0.05, 0.1) is 12.2 Å². The van der Waals surface area contributed by atoms with Gasteiger partial charge in [0.15, 0.2) is 5.96 Å². The largest absolute Gasteiger partial charge is 0.357 e. The van der Waals surface area contributed by atoms with Crippen LogP contribution in [0.15, 0.2) is 29.3 Å². The lowest BCUT2D eigenvalue weighted by molar-refractivity contribution is 0.277. The van der Waals surface area contributed by atoms with Crippen LogP contribution in [0.5, 0.6) is 0 Å². The molecule has 1 aliphatic heterocycles. The van der Waals surface area contributed by atoms with Crippen molar-refractivity contribution < 1.29 is 0 Å². The van der Waals surface area contributed by atoms with Crippen molar-refractivity contribution in [3.63, 3.8) is 0 Å². The molecule has 1 aromatic heterocycles. The summed E-state index contributed by atoms with van der Waals surface area (Å²) in [5.74, 6) is 0.845. The molecule has 2 aromatic rings. The maximum absolute atomic E-state index is 4.82. The molecule has 0 radical (unpaired) electrons. The third-order valence-electron chi connectivity index (χ3n) is 5.95. The van der Waals surface area contributed by atoms with Crippen LogP contribution in [0.3, 0.4) is 0 Å². The number of aliphatic imine (C=N–C) groups is 1. The molecule has 0 spiro atoms. The molecule has 0 amide bonds. The van der Waals surface area contributed by atoms with Crippen LogP contribution in [-0.2, 0) is 26.7 Å². The molecule has 0 saturated carbocycles. The second kappa shape index (κ2) is 11.2. The minimum absolute atomic E-state index is 0.675. The smallest absolute Gasteiger partial charge is 0.191 e. The van der Waals surface area contributed by atoms with Crippen molar-refractivity contribution in [3.05, 3.63) is 52.3 Å². The zero-order chi connectivity index (χ0) is 21.3. The number of likely N-dealkylation sites (tertiary alicyclic amines) is 1. The number of aromatic nitrogens is 2. The van der Waals surface area contributed by atoms with E-state index in [1.54, 1.807) is 0 Å². The standard InChI is InChI=1S/C24H38N6/c1-5-25-24(27-17-23-19(2)28-29(4)20(23)3)26-16-21-11-10-12-22(15-21)18-30-13-8-6-7-9-14-30/h10-12,15H,5-9,13-14,16-18H2,1-4H3,(H2,25,26,27). The van der Waals surface area contributed by atoms with Crippen LogP contribution >= 0.6 is 0 Å². The van der Waals surface area contributed by atoms with Crippen molar-refractivity contribution in [1.29, 1.82) is 0 Å². The molecule has 0 aliphatic carbocycles. The SMILES string of the molecule is CCNC(=NCc1cccc(CN2CCCCCC2)c1)NCc1c(C)nn(C)c1C. The monoisotopic (exact) mass is 410 g/mol. The molecule has 30 heavy (non-hydrogen) atoms. The first-order valence-electron chi connectivity index (χ1n) is 11.4. The van der Waals surface area contributed by atoms with Gasteiger partial charge in [0.1, 0.15) is 0 Å². The zero-order valence-corrected chi connectivity index (χ0v) is 19.2. The quantitative estimate of drug-likeness (QED) is 0.540. The van der Waals surface area contributed by atoms with E-state index < -0.39 is 0 Å². The molecule has 0 unspecified atom stereocenters. The lowest BCUT2D eigenvalue weighted by Crippen LogP contribution is -2.37. The Morgan fingerprint density at radius 2 is 1.80 bits per heavy atom. The van der Waals surface area contributed by atoms with Gasteiger partial charge in [-0.2, -0.15) is 5.10 Å². The Labute approximate surface area is 181 Å². The number of benzene rings is 1. The Hall–Kier alpha value is -2.34. The average molecular weight is 411 g/mol. The number of nitrogens with zero attached hydrogens (tertiary/aromatic N) is 4. The Balaban J connectivity index is 1.61. The van der Waals surface area contributed by atoms with Gasteiger partial charge in [-0.15, -0.1) is 0 Å². The molecule has 0 atom stereocenters. The predicted molar refractivity (Wildman–Crippen MR) is 125 cm³/mol. The predicted octanol–water partition coefficient (Wildman–Crippen LogP) is 3.67. The van der Waals surface area contributed by atoms with E-state index in [9.17, 15) is 0 Å². The molecule has 6 heteroatoms. The van der Waals surface area contributed by atoms with Gasteiger partial charge in [-0.3, -0.25) is 9.58 Å².